The average Bonchev–Trinajstić information content (AvgIpc) is 3.43. The topological polar surface area (TPSA) is 173 Å². The number of nitrogens with one attached hydrogen (secondary N) is 2. The van der Waals surface area contributed by atoms with E-state index >= 15 is 0 Å². The second-order valence-electron chi connectivity index (χ2n) is 9.68. The summed E-state index contributed by atoms with van der Waals surface area (Å²) in [6, 6.07) is 11.4. The fraction of sp³-hybridized carbons (Fsp3) is 0.357. The summed E-state index contributed by atoms with van der Waals surface area (Å²) in [5, 5.41) is 6.24. The predicted molar refractivity (Wildman–Crippen MR) is 147 cm³/mol. The Hall–Kier alpha value is -4.82. The van der Waals surface area contributed by atoms with Gasteiger partial charge >= 0.3 is 11.7 Å². The zero-order chi connectivity index (χ0) is 29.8. The Bertz CT molecular complexity index is 1540. The van der Waals surface area contributed by atoms with Crippen molar-refractivity contribution in [1.82, 2.24) is 15.0 Å². The maximum absolute atomic E-state index is 13.7. The van der Waals surface area contributed by atoms with Gasteiger partial charge in [-0.1, -0.05) is 11.2 Å². The number of ether oxygens (including phenoxy) is 3. The van der Waals surface area contributed by atoms with Crippen LogP contribution in [0.25, 0.3) is 11.4 Å². The van der Waals surface area contributed by atoms with Crippen molar-refractivity contribution in [2.45, 2.75) is 26.1 Å². The number of rotatable bonds is 7. The maximum Gasteiger partial charge on any atom is 0.439 e. The van der Waals surface area contributed by atoms with Crippen LogP contribution >= 0.6 is 0 Å². The van der Waals surface area contributed by atoms with Crippen LogP contribution in [-0.2, 0) is 28.6 Å². The number of carbonyl (C=O) groups is 4. The standard InChI is InChI=1S/C28H29N5O9/c1-16-20(26(36)32-10-13-39-14-11-32)4-3-5-21(16)33-12-15-40-23(27(33)37)22(41-17(2)34)25(35)29-19-8-6-18(7-9-19)24-30-28(38)42-31-24/h3-9,22-23H,10-15H2,1-2H3,(H,29,35)(H,30,31,38)/t22-,23-/m1/s1. The van der Waals surface area contributed by atoms with Gasteiger partial charge in [0.2, 0.25) is 6.10 Å². The first-order valence-electron chi connectivity index (χ1n) is 13.3. The molecule has 5 rings (SSSR count). The maximum atomic E-state index is 13.7. The molecule has 0 radical (unpaired) electrons. The number of hydrogen-bond donors (Lipinski definition) is 2. The molecule has 42 heavy (non-hydrogen) atoms. The molecule has 0 unspecified atom stereocenters. The molecular weight excluding hydrogens is 550 g/mol. The molecule has 1 aromatic heterocycles. The quantitative estimate of drug-likeness (QED) is 0.386. The summed E-state index contributed by atoms with van der Waals surface area (Å²) < 4.78 is 20.8. The largest absolute Gasteiger partial charge is 0.449 e. The molecule has 2 aliphatic rings. The van der Waals surface area contributed by atoms with Crippen molar-refractivity contribution in [2.24, 2.45) is 0 Å². The highest BCUT2D eigenvalue weighted by molar-refractivity contribution is 6.06. The molecule has 2 aromatic carbocycles. The summed E-state index contributed by atoms with van der Waals surface area (Å²) >= 11 is 0. The Balaban J connectivity index is 1.35. The van der Waals surface area contributed by atoms with Crippen LogP contribution in [0.2, 0.25) is 0 Å². The van der Waals surface area contributed by atoms with E-state index in [4.69, 9.17) is 14.2 Å². The minimum atomic E-state index is -1.59. The molecule has 2 N–H and O–H groups in total. The smallest absolute Gasteiger partial charge is 0.439 e. The van der Waals surface area contributed by atoms with Gasteiger partial charge in [-0.05, 0) is 48.9 Å². The van der Waals surface area contributed by atoms with E-state index in [0.29, 0.717) is 54.4 Å². The van der Waals surface area contributed by atoms with E-state index in [2.05, 4.69) is 20.0 Å². The van der Waals surface area contributed by atoms with Crippen molar-refractivity contribution in [3.05, 3.63) is 64.1 Å². The van der Waals surface area contributed by atoms with Crippen LogP contribution < -0.4 is 16.0 Å². The highest BCUT2D eigenvalue weighted by atomic mass is 16.6. The molecule has 3 amide bonds. The summed E-state index contributed by atoms with van der Waals surface area (Å²) in [6.45, 7) is 4.99. The van der Waals surface area contributed by atoms with Crippen molar-refractivity contribution in [1.29, 1.82) is 0 Å². The van der Waals surface area contributed by atoms with Gasteiger partial charge in [0.1, 0.15) is 0 Å². The van der Waals surface area contributed by atoms with E-state index in [-0.39, 0.29) is 24.9 Å². The number of H-pyrrole nitrogens is 1. The second-order valence-corrected chi connectivity index (χ2v) is 9.68. The van der Waals surface area contributed by atoms with Crippen LogP contribution in [0.3, 0.4) is 0 Å². The normalized spacial score (nSPS) is 18.0. The summed E-state index contributed by atoms with van der Waals surface area (Å²) in [5.74, 6) is -2.80. The zero-order valence-corrected chi connectivity index (χ0v) is 23.0. The minimum absolute atomic E-state index is 0.0626. The number of aromatic amines is 1. The molecular formula is C28H29N5O9. The predicted octanol–water partition coefficient (Wildman–Crippen LogP) is 1.11. The van der Waals surface area contributed by atoms with Crippen molar-refractivity contribution in [3.8, 4) is 11.4 Å². The highest BCUT2D eigenvalue weighted by Gasteiger charge is 2.43. The minimum Gasteiger partial charge on any atom is -0.449 e. The molecule has 2 fully saturated rings. The van der Waals surface area contributed by atoms with Gasteiger partial charge in [0, 0.05) is 49.1 Å². The van der Waals surface area contributed by atoms with Crippen molar-refractivity contribution in [2.75, 3.05) is 49.7 Å². The lowest BCUT2D eigenvalue weighted by molar-refractivity contribution is -0.167. The lowest BCUT2D eigenvalue weighted by atomic mass is 10.0. The number of benzene rings is 2. The van der Waals surface area contributed by atoms with Crippen LogP contribution in [0, 0.1) is 6.92 Å². The lowest BCUT2D eigenvalue weighted by Gasteiger charge is -2.36. The van der Waals surface area contributed by atoms with Crippen LogP contribution in [0.4, 0.5) is 11.4 Å². The van der Waals surface area contributed by atoms with E-state index in [1.165, 1.54) is 4.90 Å². The van der Waals surface area contributed by atoms with Crippen molar-refractivity contribution in [3.63, 3.8) is 0 Å². The van der Waals surface area contributed by atoms with E-state index in [1.807, 2.05) is 0 Å². The molecule has 3 heterocycles. The molecule has 2 saturated heterocycles. The summed E-state index contributed by atoms with van der Waals surface area (Å²) in [7, 11) is 0. The van der Waals surface area contributed by atoms with Gasteiger partial charge in [0.25, 0.3) is 17.7 Å². The van der Waals surface area contributed by atoms with Crippen molar-refractivity contribution < 1.29 is 37.9 Å². The summed E-state index contributed by atoms with van der Waals surface area (Å²) in [4.78, 5) is 69.0. The number of nitrogens with zero attached hydrogens (tertiary/aromatic N) is 3. The Kier molecular flexibility index (Phi) is 8.45. The summed E-state index contributed by atoms with van der Waals surface area (Å²) in [5.41, 5.74) is 2.41. The number of amides is 3. The fourth-order valence-corrected chi connectivity index (χ4v) is 4.86. The highest BCUT2D eigenvalue weighted by Crippen LogP contribution is 2.28. The molecule has 14 nitrogen and oxygen atoms in total. The van der Waals surface area contributed by atoms with E-state index < -0.39 is 35.7 Å². The molecule has 2 aliphatic heterocycles. The first-order chi connectivity index (χ1) is 20.2. The Labute approximate surface area is 239 Å². The Morgan fingerprint density at radius 3 is 2.45 bits per heavy atom. The monoisotopic (exact) mass is 579 g/mol. The number of carbonyl (C=O) groups excluding carboxylic acids is 4. The molecule has 0 saturated carbocycles. The molecule has 14 heteroatoms. The number of esters is 1. The third-order valence-corrected chi connectivity index (χ3v) is 6.94. The number of hydrogen-bond acceptors (Lipinski definition) is 10. The molecule has 0 bridgehead atoms. The van der Waals surface area contributed by atoms with Gasteiger partial charge < -0.3 is 29.3 Å². The molecule has 0 spiro atoms. The van der Waals surface area contributed by atoms with Crippen LogP contribution in [0.15, 0.2) is 51.8 Å². The Morgan fingerprint density at radius 1 is 1.05 bits per heavy atom. The fourth-order valence-electron chi connectivity index (χ4n) is 4.86. The molecule has 3 aromatic rings. The van der Waals surface area contributed by atoms with Gasteiger partial charge in [0.15, 0.2) is 11.9 Å². The second kappa shape index (κ2) is 12.4. The first kappa shape index (κ1) is 28.7. The number of anilines is 2. The van der Waals surface area contributed by atoms with Gasteiger partial charge in [-0.25, -0.2) is 4.79 Å². The third kappa shape index (κ3) is 6.09. The lowest BCUT2D eigenvalue weighted by Crippen LogP contribution is -2.56. The van der Waals surface area contributed by atoms with Crippen LogP contribution in [0.1, 0.15) is 22.8 Å². The van der Waals surface area contributed by atoms with E-state index in [1.54, 1.807) is 54.3 Å². The number of morpholine rings is 2. The molecule has 0 aliphatic carbocycles. The molecule has 220 valence electrons. The first-order valence-corrected chi connectivity index (χ1v) is 13.3. The Morgan fingerprint density at radius 2 is 1.79 bits per heavy atom. The summed E-state index contributed by atoms with van der Waals surface area (Å²) in [6.07, 6.45) is -3.03. The third-order valence-electron chi connectivity index (χ3n) is 6.94. The van der Waals surface area contributed by atoms with Crippen LogP contribution in [-0.4, -0.2) is 90.4 Å². The van der Waals surface area contributed by atoms with Crippen LogP contribution in [0.5, 0.6) is 0 Å². The van der Waals surface area contributed by atoms with E-state index in [9.17, 15) is 24.0 Å². The average molecular weight is 580 g/mol. The molecule has 2 atom stereocenters. The van der Waals surface area contributed by atoms with Gasteiger partial charge in [-0.15, -0.1) is 0 Å². The van der Waals surface area contributed by atoms with Gasteiger partial charge in [0.05, 0.1) is 19.8 Å². The van der Waals surface area contributed by atoms with E-state index in [0.717, 1.165) is 6.92 Å². The zero-order valence-electron chi connectivity index (χ0n) is 23.0. The van der Waals surface area contributed by atoms with Crippen molar-refractivity contribution >= 4 is 35.1 Å². The van der Waals surface area contributed by atoms with Gasteiger partial charge in [-0.2, -0.15) is 0 Å². The number of aromatic nitrogens is 2. The SMILES string of the molecule is CC(=O)O[C@@H](C(=O)Nc1ccc(-c2noc(=O)[nH]2)cc1)[C@H]1OCCN(c2cccc(C(=O)N3CCOCC3)c2C)C1=O. The van der Waals surface area contributed by atoms with Gasteiger partial charge in [-0.3, -0.25) is 28.7 Å².